The summed E-state index contributed by atoms with van der Waals surface area (Å²) >= 11 is 0. The summed E-state index contributed by atoms with van der Waals surface area (Å²) in [4.78, 5) is 13.2. The van der Waals surface area contributed by atoms with E-state index in [1.165, 1.54) is 0 Å². The normalized spacial score (nSPS) is 24.9. The second-order valence-electron chi connectivity index (χ2n) is 3.59. The number of rotatable bonds is 3. The first-order chi connectivity index (χ1) is 6.50. The molecule has 1 rings (SSSR count). The fourth-order valence-corrected chi connectivity index (χ4v) is 3.59. The summed E-state index contributed by atoms with van der Waals surface area (Å²) in [5.41, 5.74) is 0. The summed E-state index contributed by atoms with van der Waals surface area (Å²) in [5.74, 6) is 0.423. The summed E-state index contributed by atoms with van der Waals surface area (Å²) in [7, 11) is -2.89. The smallest absolute Gasteiger partial charge is 0.222 e. The predicted octanol–water partition coefficient (Wildman–Crippen LogP) is 0.432. The van der Waals surface area contributed by atoms with Gasteiger partial charge in [0.25, 0.3) is 0 Å². The minimum atomic E-state index is -2.89. The Hall–Kier alpha value is -0.580. The predicted molar refractivity (Wildman–Crippen MR) is 54.7 cm³/mol. The molecule has 0 radical (unpaired) electrons. The van der Waals surface area contributed by atoms with E-state index in [0.29, 0.717) is 19.4 Å². The van der Waals surface area contributed by atoms with Crippen molar-refractivity contribution in [3.8, 4) is 0 Å². The van der Waals surface area contributed by atoms with Crippen LogP contribution in [-0.4, -0.2) is 43.3 Å². The molecule has 1 unspecified atom stereocenters. The van der Waals surface area contributed by atoms with Gasteiger partial charge in [0.15, 0.2) is 9.84 Å². The highest BCUT2D eigenvalue weighted by Gasteiger charge is 2.33. The number of sulfone groups is 1. The van der Waals surface area contributed by atoms with Crippen LogP contribution in [0.4, 0.5) is 0 Å². The molecule has 14 heavy (non-hydrogen) atoms. The fourth-order valence-electron chi connectivity index (χ4n) is 1.86. The SMILES string of the molecule is CCC(=O)N(CC)C1CCS(=O)(=O)C1. The number of hydrogen-bond donors (Lipinski definition) is 0. The van der Waals surface area contributed by atoms with Crippen molar-refractivity contribution in [2.24, 2.45) is 0 Å². The van der Waals surface area contributed by atoms with Crippen molar-refractivity contribution in [1.82, 2.24) is 4.90 Å². The van der Waals surface area contributed by atoms with Gasteiger partial charge in [-0.1, -0.05) is 6.92 Å². The highest BCUT2D eigenvalue weighted by atomic mass is 32.2. The van der Waals surface area contributed by atoms with Crippen LogP contribution in [0.15, 0.2) is 0 Å². The van der Waals surface area contributed by atoms with E-state index in [0.717, 1.165) is 0 Å². The van der Waals surface area contributed by atoms with E-state index in [2.05, 4.69) is 0 Å². The first-order valence-corrected chi connectivity index (χ1v) is 6.82. The van der Waals surface area contributed by atoms with E-state index in [4.69, 9.17) is 0 Å². The van der Waals surface area contributed by atoms with Crippen LogP contribution in [-0.2, 0) is 14.6 Å². The average molecular weight is 219 g/mol. The van der Waals surface area contributed by atoms with Gasteiger partial charge in [-0.2, -0.15) is 0 Å². The summed E-state index contributed by atoms with van der Waals surface area (Å²) < 4.78 is 22.5. The molecule has 0 aliphatic carbocycles. The van der Waals surface area contributed by atoms with E-state index in [-0.39, 0.29) is 23.5 Å². The highest BCUT2D eigenvalue weighted by Crippen LogP contribution is 2.18. The first-order valence-electron chi connectivity index (χ1n) is 5.00. The monoisotopic (exact) mass is 219 g/mol. The van der Waals surface area contributed by atoms with Crippen LogP contribution >= 0.6 is 0 Å². The second-order valence-corrected chi connectivity index (χ2v) is 5.82. The Balaban J connectivity index is 2.69. The van der Waals surface area contributed by atoms with Crippen molar-refractivity contribution in [1.29, 1.82) is 0 Å². The Morgan fingerprint density at radius 3 is 2.43 bits per heavy atom. The quantitative estimate of drug-likeness (QED) is 0.691. The Bertz CT molecular complexity index is 310. The fraction of sp³-hybridized carbons (Fsp3) is 0.889. The van der Waals surface area contributed by atoms with Crippen LogP contribution in [0.3, 0.4) is 0 Å². The maximum Gasteiger partial charge on any atom is 0.222 e. The Kier molecular flexibility index (Phi) is 3.53. The van der Waals surface area contributed by atoms with Gasteiger partial charge in [0.05, 0.1) is 11.5 Å². The number of nitrogens with zero attached hydrogens (tertiary/aromatic N) is 1. The summed E-state index contributed by atoms with van der Waals surface area (Å²) in [6, 6.07) is -0.0857. The van der Waals surface area contributed by atoms with E-state index in [1.807, 2.05) is 6.92 Å². The van der Waals surface area contributed by atoms with Crippen LogP contribution in [0, 0.1) is 0 Å². The molecule has 0 N–H and O–H groups in total. The van der Waals surface area contributed by atoms with Crippen LogP contribution in [0.1, 0.15) is 26.7 Å². The molecule has 0 aromatic heterocycles. The van der Waals surface area contributed by atoms with Gasteiger partial charge < -0.3 is 4.90 Å². The standard InChI is InChI=1S/C9H17NO3S/c1-3-9(11)10(4-2)8-5-6-14(12,13)7-8/h8H,3-7H2,1-2H3. The maximum absolute atomic E-state index is 11.5. The van der Waals surface area contributed by atoms with E-state index >= 15 is 0 Å². The van der Waals surface area contributed by atoms with Crippen molar-refractivity contribution in [2.75, 3.05) is 18.1 Å². The van der Waals surface area contributed by atoms with E-state index in [1.54, 1.807) is 11.8 Å². The maximum atomic E-state index is 11.5. The molecule has 1 saturated heterocycles. The molecule has 1 atom stereocenters. The molecular weight excluding hydrogens is 202 g/mol. The van der Waals surface area contributed by atoms with Gasteiger partial charge in [-0.25, -0.2) is 8.42 Å². The topological polar surface area (TPSA) is 54.5 Å². The molecule has 0 bridgehead atoms. The van der Waals surface area contributed by atoms with Gasteiger partial charge in [-0.3, -0.25) is 4.79 Å². The average Bonchev–Trinajstić information content (AvgIpc) is 2.47. The largest absolute Gasteiger partial charge is 0.339 e. The van der Waals surface area contributed by atoms with Crippen molar-refractivity contribution in [3.63, 3.8) is 0 Å². The third-order valence-electron chi connectivity index (χ3n) is 2.61. The molecule has 5 heteroatoms. The molecule has 1 amide bonds. The van der Waals surface area contributed by atoms with Gasteiger partial charge in [-0.15, -0.1) is 0 Å². The number of carbonyl (C=O) groups excluding carboxylic acids is 1. The van der Waals surface area contributed by atoms with Crippen molar-refractivity contribution < 1.29 is 13.2 Å². The lowest BCUT2D eigenvalue weighted by Gasteiger charge is -2.26. The third-order valence-corrected chi connectivity index (χ3v) is 4.36. The molecule has 0 aromatic rings. The second kappa shape index (κ2) is 4.29. The summed E-state index contributed by atoms with van der Waals surface area (Å²) in [5, 5.41) is 0. The van der Waals surface area contributed by atoms with E-state index < -0.39 is 9.84 Å². The van der Waals surface area contributed by atoms with Crippen molar-refractivity contribution in [2.45, 2.75) is 32.7 Å². The van der Waals surface area contributed by atoms with E-state index in [9.17, 15) is 13.2 Å². The lowest BCUT2D eigenvalue weighted by atomic mass is 10.2. The molecule has 0 saturated carbocycles. The van der Waals surface area contributed by atoms with Crippen molar-refractivity contribution in [3.05, 3.63) is 0 Å². The van der Waals surface area contributed by atoms with Gasteiger partial charge >= 0.3 is 0 Å². The molecule has 4 nitrogen and oxygen atoms in total. The first kappa shape index (κ1) is 11.5. The molecule has 0 spiro atoms. The summed E-state index contributed by atoms with van der Waals surface area (Å²) in [6.07, 6.45) is 1.05. The Morgan fingerprint density at radius 2 is 2.07 bits per heavy atom. The minimum Gasteiger partial charge on any atom is -0.339 e. The molecule has 1 aliphatic heterocycles. The number of hydrogen-bond acceptors (Lipinski definition) is 3. The summed E-state index contributed by atoms with van der Waals surface area (Å²) in [6.45, 7) is 4.29. The molecule has 1 fully saturated rings. The third kappa shape index (κ3) is 2.47. The zero-order chi connectivity index (χ0) is 10.8. The van der Waals surface area contributed by atoms with Crippen LogP contribution in [0.25, 0.3) is 0 Å². The molecule has 82 valence electrons. The Morgan fingerprint density at radius 1 is 1.43 bits per heavy atom. The zero-order valence-electron chi connectivity index (χ0n) is 8.69. The zero-order valence-corrected chi connectivity index (χ0v) is 9.51. The van der Waals surface area contributed by atoms with Gasteiger partial charge in [0.1, 0.15) is 0 Å². The minimum absolute atomic E-state index is 0.0506. The van der Waals surface area contributed by atoms with Crippen LogP contribution < -0.4 is 0 Å². The molecule has 1 aliphatic rings. The number of amides is 1. The lowest BCUT2D eigenvalue weighted by molar-refractivity contribution is -0.132. The lowest BCUT2D eigenvalue weighted by Crippen LogP contribution is -2.40. The van der Waals surface area contributed by atoms with Crippen LogP contribution in [0.2, 0.25) is 0 Å². The van der Waals surface area contributed by atoms with Gasteiger partial charge in [0.2, 0.25) is 5.91 Å². The van der Waals surface area contributed by atoms with Gasteiger partial charge in [-0.05, 0) is 13.3 Å². The molecule has 1 heterocycles. The van der Waals surface area contributed by atoms with Gasteiger partial charge in [0, 0.05) is 19.0 Å². The number of carbonyl (C=O) groups is 1. The molecular formula is C9H17NO3S. The Labute approximate surface area is 85.2 Å². The van der Waals surface area contributed by atoms with Crippen LogP contribution in [0.5, 0.6) is 0 Å². The van der Waals surface area contributed by atoms with Crippen molar-refractivity contribution >= 4 is 15.7 Å². The molecule has 0 aromatic carbocycles. The highest BCUT2D eigenvalue weighted by molar-refractivity contribution is 7.91.